The van der Waals surface area contributed by atoms with Gasteiger partial charge >= 0.3 is 0 Å². The normalized spacial score (nSPS) is 12.5. The molecule has 0 N–H and O–H groups in total. The number of fused-ring (bicyclic) bond motifs is 4. The minimum absolute atomic E-state index is 0.198. The zero-order valence-corrected chi connectivity index (χ0v) is 63.3. The Balaban J connectivity index is 0.720. The molecule has 2 atom stereocenters. The number of allylic oxidation sites excluding steroid dienone is 2. The highest BCUT2D eigenvalue weighted by atomic mass is 15.2. The average Bonchev–Trinajstić information content (AvgIpc) is 0.822. The molecule has 0 amide bonds. The molecule has 0 aliphatic carbocycles. The molecule has 0 aliphatic heterocycles. The molecule has 2 unspecified atom stereocenters. The second-order valence-corrected chi connectivity index (χ2v) is 29.4. The van der Waals surface area contributed by atoms with E-state index < -0.39 is 0 Å². The van der Waals surface area contributed by atoms with E-state index in [1.54, 1.807) is 0 Å². The van der Waals surface area contributed by atoms with Crippen molar-refractivity contribution in [1.82, 2.24) is 0 Å². The summed E-state index contributed by atoms with van der Waals surface area (Å²) in [5.41, 5.74) is 22.0. The zero-order valence-electron chi connectivity index (χ0n) is 63.3. The SMILES string of the molecule is CCCCCC(CC)(c1ccc(N(c2ccccc2)c2cccc3ccccc23)cc1)c1ccc(N(c2ccc(-c3ccc(N(c4ccc(C(CC)(CCC=C(C)C)c5ccc(N(c6ccccc6)c6cccc7ccccc67)cc5)cc4)c4cccc5ccccc45)cc3)cc2)c2cccc3ccccc23)cc1. The predicted molar refractivity (Wildman–Crippen MR) is 468 cm³/mol. The number of para-hydroxylation sites is 2. The van der Waals surface area contributed by atoms with Gasteiger partial charge in [0, 0.05) is 77.9 Å². The molecule has 0 fully saturated rings. The lowest BCUT2D eigenvalue weighted by Crippen LogP contribution is -2.27. The van der Waals surface area contributed by atoms with Gasteiger partial charge in [-0.15, -0.1) is 0 Å². The van der Waals surface area contributed by atoms with Crippen molar-refractivity contribution in [2.24, 2.45) is 0 Å². The second kappa shape index (κ2) is 31.9. The molecule has 0 saturated heterocycles. The molecule has 16 aromatic rings. The maximum Gasteiger partial charge on any atom is 0.0540 e. The number of unbranched alkanes of at least 4 members (excludes halogenated alkanes) is 2. The van der Waals surface area contributed by atoms with E-state index in [1.165, 1.54) is 89.4 Å². The molecule has 4 heteroatoms. The summed E-state index contributed by atoms with van der Waals surface area (Å²) >= 11 is 0. The Kier molecular flexibility index (Phi) is 20.7. The summed E-state index contributed by atoms with van der Waals surface area (Å²) in [5, 5.41) is 9.70. The van der Waals surface area contributed by atoms with Crippen LogP contribution in [0.4, 0.5) is 68.2 Å². The molecule has 0 saturated carbocycles. The quantitative estimate of drug-likeness (QED) is 0.0396. The predicted octanol–water partition coefficient (Wildman–Crippen LogP) is 30.6. The van der Waals surface area contributed by atoms with Crippen molar-refractivity contribution in [3.8, 4) is 11.1 Å². The fourth-order valence-corrected chi connectivity index (χ4v) is 17.2. The molecule has 0 bridgehead atoms. The first-order valence-electron chi connectivity index (χ1n) is 39.2. The molecule has 16 aromatic carbocycles. The monoisotopic (exact) mass is 1410 g/mol. The first-order valence-corrected chi connectivity index (χ1v) is 39.2. The van der Waals surface area contributed by atoms with Crippen LogP contribution in [-0.4, -0.2) is 0 Å². The fraction of sp³-hybridized carbons (Fsp3) is 0.143. The van der Waals surface area contributed by atoms with Crippen molar-refractivity contribution in [2.75, 3.05) is 19.6 Å². The van der Waals surface area contributed by atoms with Crippen LogP contribution in [0.1, 0.15) is 108 Å². The molecule has 0 heterocycles. The molecular weight excluding hydrogens is 1320 g/mol. The van der Waals surface area contributed by atoms with Gasteiger partial charge in [-0.1, -0.05) is 306 Å². The van der Waals surface area contributed by atoms with E-state index in [9.17, 15) is 0 Å². The van der Waals surface area contributed by atoms with Crippen molar-refractivity contribution in [3.63, 3.8) is 0 Å². The number of hydrogen-bond acceptors (Lipinski definition) is 4. The van der Waals surface area contributed by atoms with Crippen LogP contribution < -0.4 is 19.6 Å². The second-order valence-electron chi connectivity index (χ2n) is 29.4. The van der Waals surface area contributed by atoms with Crippen molar-refractivity contribution in [3.05, 3.63) is 410 Å². The minimum atomic E-state index is -0.255. The molecule has 109 heavy (non-hydrogen) atoms. The number of rotatable bonds is 26. The lowest BCUT2D eigenvalue weighted by Gasteiger charge is -2.36. The van der Waals surface area contributed by atoms with Gasteiger partial charge in [0.15, 0.2) is 0 Å². The van der Waals surface area contributed by atoms with Gasteiger partial charge in [0.2, 0.25) is 0 Å². The maximum absolute atomic E-state index is 2.45. The van der Waals surface area contributed by atoms with E-state index >= 15 is 0 Å². The standard InChI is InChI=1S/C105H94N4/c1-6-9-24-75-104(7-2,84-55-67-92(68-56-84)106(88-39-12-10-13-40-88)100-47-25-35-80-31-16-20-43-96(80)100)85-57-71-94(72-58-85)108(102-49-27-37-82-33-18-22-45-98(82)102)90-63-51-78(52-64-90)79-53-65-91(66-54-79)109(103-50-28-38-83-34-19-23-46-99(83)103)95-73-61-87(62-74-95)105(8-3,76-29-30-77(4)5)86-59-69-93(70-60-86)107(89-41-14-11-15-42-89)101-48-26-36-81-32-17-21-44-97(81)101/h10-23,25-28,30-74H,6-9,24,29,75-76H2,1-5H3. The van der Waals surface area contributed by atoms with E-state index in [2.05, 4.69) is 436 Å². The smallest absolute Gasteiger partial charge is 0.0540 e. The van der Waals surface area contributed by atoms with Crippen LogP contribution in [0.2, 0.25) is 0 Å². The third-order valence-electron chi connectivity index (χ3n) is 22.9. The Hall–Kier alpha value is -12.5. The Morgan fingerprint density at radius 1 is 0.248 bits per heavy atom. The molecule has 4 nitrogen and oxygen atoms in total. The van der Waals surface area contributed by atoms with Crippen LogP contribution >= 0.6 is 0 Å². The molecular formula is C105H94N4. The first-order chi connectivity index (χ1) is 53.7. The lowest BCUT2D eigenvalue weighted by atomic mass is 9.69. The largest absolute Gasteiger partial charge is 0.310 e. The van der Waals surface area contributed by atoms with Crippen molar-refractivity contribution in [2.45, 2.75) is 96.8 Å². The number of nitrogens with zero attached hydrogens (tertiary/aromatic N) is 4. The van der Waals surface area contributed by atoms with Crippen molar-refractivity contribution < 1.29 is 0 Å². The highest BCUT2D eigenvalue weighted by molar-refractivity contribution is 6.03. The van der Waals surface area contributed by atoms with E-state index in [4.69, 9.17) is 0 Å². The van der Waals surface area contributed by atoms with Gasteiger partial charge in [0.25, 0.3) is 0 Å². The Labute approximate surface area is 644 Å². The highest BCUT2D eigenvalue weighted by Crippen LogP contribution is 2.50. The fourth-order valence-electron chi connectivity index (χ4n) is 17.2. The van der Waals surface area contributed by atoms with E-state index in [0.717, 1.165) is 112 Å². The molecule has 16 rings (SSSR count). The summed E-state index contributed by atoms with van der Waals surface area (Å²) in [4.78, 5) is 9.72. The van der Waals surface area contributed by atoms with E-state index in [1.807, 2.05) is 0 Å². The van der Waals surface area contributed by atoms with Crippen LogP contribution in [0.5, 0.6) is 0 Å². The van der Waals surface area contributed by atoms with Crippen LogP contribution in [0, 0.1) is 0 Å². The highest BCUT2D eigenvalue weighted by Gasteiger charge is 2.35. The third-order valence-corrected chi connectivity index (χ3v) is 22.9. The van der Waals surface area contributed by atoms with Gasteiger partial charge in [-0.05, 0) is 222 Å². The van der Waals surface area contributed by atoms with Crippen LogP contribution in [0.25, 0.3) is 54.2 Å². The van der Waals surface area contributed by atoms with Crippen molar-refractivity contribution in [1.29, 1.82) is 0 Å². The van der Waals surface area contributed by atoms with Gasteiger partial charge < -0.3 is 19.6 Å². The first kappa shape index (κ1) is 70.8. The van der Waals surface area contributed by atoms with Gasteiger partial charge in [0.05, 0.1) is 22.7 Å². The average molecular weight is 1410 g/mol. The summed E-state index contributed by atoms with van der Waals surface area (Å²) in [6.07, 6.45) is 10.8. The number of anilines is 12. The van der Waals surface area contributed by atoms with Crippen LogP contribution in [0.3, 0.4) is 0 Å². The van der Waals surface area contributed by atoms with E-state index in [-0.39, 0.29) is 10.8 Å². The number of benzene rings is 16. The Bertz CT molecular complexity index is 5770. The molecule has 534 valence electrons. The molecule has 0 spiro atoms. The summed E-state index contributed by atoms with van der Waals surface area (Å²) in [6, 6.07) is 140. The van der Waals surface area contributed by atoms with Gasteiger partial charge in [-0.3, -0.25) is 0 Å². The van der Waals surface area contributed by atoms with Crippen LogP contribution in [0.15, 0.2) is 388 Å². The van der Waals surface area contributed by atoms with E-state index in [0.29, 0.717) is 0 Å². The Morgan fingerprint density at radius 3 is 0.771 bits per heavy atom. The summed E-state index contributed by atoms with van der Waals surface area (Å²) in [7, 11) is 0. The summed E-state index contributed by atoms with van der Waals surface area (Å²) in [6.45, 7) is 11.5. The Morgan fingerprint density at radius 2 is 0.495 bits per heavy atom. The summed E-state index contributed by atoms with van der Waals surface area (Å²) < 4.78 is 0. The molecule has 0 aromatic heterocycles. The number of hydrogen-bond donors (Lipinski definition) is 0. The van der Waals surface area contributed by atoms with Crippen LogP contribution in [-0.2, 0) is 10.8 Å². The van der Waals surface area contributed by atoms with Gasteiger partial charge in [0.1, 0.15) is 0 Å². The summed E-state index contributed by atoms with van der Waals surface area (Å²) in [5.74, 6) is 0. The third kappa shape index (κ3) is 14.2. The van der Waals surface area contributed by atoms with Gasteiger partial charge in [-0.2, -0.15) is 0 Å². The van der Waals surface area contributed by atoms with Crippen molar-refractivity contribution >= 4 is 111 Å². The lowest BCUT2D eigenvalue weighted by molar-refractivity contribution is 0.431. The van der Waals surface area contributed by atoms with Gasteiger partial charge in [-0.25, -0.2) is 0 Å². The maximum atomic E-state index is 2.45. The zero-order chi connectivity index (χ0) is 74.1. The molecule has 0 aliphatic rings. The topological polar surface area (TPSA) is 13.0 Å². The molecule has 0 radical (unpaired) electrons. The minimum Gasteiger partial charge on any atom is -0.310 e.